The Kier molecular flexibility index (Phi) is 6.45. The van der Waals surface area contributed by atoms with Crippen molar-refractivity contribution in [3.05, 3.63) is 93.4 Å². The molecule has 10 heteroatoms. The third-order valence-corrected chi connectivity index (χ3v) is 5.51. The molecule has 3 aromatic carbocycles. The number of ether oxygens (including phenoxy) is 3. The number of carbonyl (C=O) groups excluding carboxylic acids is 1. The second kappa shape index (κ2) is 9.34. The van der Waals surface area contributed by atoms with Gasteiger partial charge in [0.2, 0.25) is 0 Å². The van der Waals surface area contributed by atoms with Crippen molar-refractivity contribution in [3.63, 3.8) is 0 Å². The SMILES string of the molecule is COc1ccc(-n2c(Cl)cc3cc(OC)cc(OC(=O)c4ccc(C(F)(F)F)cc4)c3c2=O)cc1. The largest absolute Gasteiger partial charge is 0.497 e. The predicted octanol–water partition coefficient (Wildman–Crippen LogP) is 5.90. The number of fused-ring (bicyclic) bond motifs is 1. The topological polar surface area (TPSA) is 66.8 Å². The summed E-state index contributed by atoms with van der Waals surface area (Å²) >= 11 is 6.41. The van der Waals surface area contributed by atoms with E-state index in [1.165, 1.54) is 30.9 Å². The second-order valence-electron chi connectivity index (χ2n) is 7.36. The molecule has 0 radical (unpaired) electrons. The van der Waals surface area contributed by atoms with Crippen LogP contribution < -0.4 is 19.8 Å². The quantitative estimate of drug-likeness (QED) is 0.193. The lowest BCUT2D eigenvalue weighted by molar-refractivity contribution is -0.137. The zero-order valence-corrected chi connectivity index (χ0v) is 19.1. The summed E-state index contributed by atoms with van der Waals surface area (Å²) < 4.78 is 55.6. The highest BCUT2D eigenvalue weighted by Crippen LogP contribution is 2.33. The van der Waals surface area contributed by atoms with Crippen LogP contribution in [0.1, 0.15) is 15.9 Å². The summed E-state index contributed by atoms with van der Waals surface area (Å²) in [6.07, 6.45) is -4.54. The maximum Gasteiger partial charge on any atom is 0.416 e. The van der Waals surface area contributed by atoms with E-state index in [9.17, 15) is 22.8 Å². The zero-order chi connectivity index (χ0) is 25.3. The lowest BCUT2D eigenvalue weighted by atomic mass is 10.1. The molecule has 1 heterocycles. The lowest BCUT2D eigenvalue weighted by Crippen LogP contribution is -2.20. The van der Waals surface area contributed by atoms with E-state index in [4.69, 9.17) is 25.8 Å². The van der Waals surface area contributed by atoms with E-state index in [1.54, 1.807) is 30.3 Å². The van der Waals surface area contributed by atoms with Crippen molar-refractivity contribution in [3.8, 4) is 22.9 Å². The Morgan fingerprint density at radius 2 is 1.51 bits per heavy atom. The maximum atomic E-state index is 13.5. The lowest BCUT2D eigenvalue weighted by Gasteiger charge is -2.14. The van der Waals surface area contributed by atoms with Gasteiger partial charge in [-0.05, 0) is 66.0 Å². The average Bonchev–Trinajstić information content (AvgIpc) is 2.83. The van der Waals surface area contributed by atoms with Crippen LogP contribution in [0.25, 0.3) is 16.5 Å². The van der Waals surface area contributed by atoms with Gasteiger partial charge in [0.1, 0.15) is 22.4 Å². The van der Waals surface area contributed by atoms with Gasteiger partial charge in [-0.1, -0.05) is 11.6 Å². The van der Waals surface area contributed by atoms with E-state index in [-0.39, 0.29) is 27.6 Å². The van der Waals surface area contributed by atoms with Crippen molar-refractivity contribution in [2.45, 2.75) is 6.18 Å². The van der Waals surface area contributed by atoms with E-state index in [2.05, 4.69) is 0 Å². The van der Waals surface area contributed by atoms with E-state index < -0.39 is 23.3 Å². The fourth-order valence-electron chi connectivity index (χ4n) is 3.48. The summed E-state index contributed by atoms with van der Waals surface area (Å²) in [5.41, 5.74) is -1.16. The molecule has 0 aliphatic heterocycles. The van der Waals surface area contributed by atoms with Crippen molar-refractivity contribution in [2.24, 2.45) is 0 Å². The molecule has 6 nitrogen and oxygen atoms in total. The molecule has 0 unspecified atom stereocenters. The number of benzene rings is 3. The molecule has 0 N–H and O–H groups in total. The Labute approximate surface area is 202 Å². The average molecular weight is 504 g/mol. The van der Waals surface area contributed by atoms with Gasteiger partial charge in [0, 0.05) is 6.07 Å². The van der Waals surface area contributed by atoms with Crippen LogP contribution >= 0.6 is 11.6 Å². The van der Waals surface area contributed by atoms with Crippen LogP contribution in [0.5, 0.6) is 17.2 Å². The molecule has 4 aromatic rings. The van der Waals surface area contributed by atoms with Gasteiger partial charge >= 0.3 is 12.1 Å². The molecule has 0 amide bonds. The van der Waals surface area contributed by atoms with Gasteiger partial charge in [-0.3, -0.25) is 9.36 Å². The van der Waals surface area contributed by atoms with E-state index in [0.717, 1.165) is 24.3 Å². The van der Waals surface area contributed by atoms with Gasteiger partial charge in [-0.2, -0.15) is 13.2 Å². The third kappa shape index (κ3) is 4.81. The summed E-state index contributed by atoms with van der Waals surface area (Å²) in [5.74, 6) is -0.216. The molecular formula is C25H17ClF3NO5. The summed E-state index contributed by atoms with van der Waals surface area (Å²) in [5, 5.41) is 0.478. The minimum atomic E-state index is -4.54. The highest BCUT2D eigenvalue weighted by molar-refractivity contribution is 6.30. The van der Waals surface area contributed by atoms with Crippen LogP contribution in [0.3, 0.4) is 0 Å². The van der Waals surface area contributed by atoms with Crippen molar-refractivity contribution < 1.29 is 32.2 Å². The van der Waals surface area contributed by atoms with Gasteiger partial charge in [0.05, 0.1) is 36.4 Å². The summed E-state index contributed by atoms with van der Waals surface area (Å²) in [6.45, 7) is 0. The fraction of sp³-hybridized carbons (Fsp3) is 0.120. The van der Waals surface area contributed by atoms with Gasteiger partial charge < -0.3 is 14.2 Å². The van der Waals surface area contributed by atoms with Gasteiger partial charge in [0.25, 0.3) is 5.56 Å². The van der Waals surface area contributed by atoms with Crippen molar-refractivity contribution in [1.82, 2.24) is 4.57 Å². The number of methoxy groups -OCH3 is 2. The molecule has 180 valence electrons. The van der Waals surface area contributed by atoms with Crippen LogP contribution in [0, 0.1) is 0 Å². The van der Waals surface area contributed by atoms with Gasteiger partial charge in [-0.15, -0.1) is 0 Å². The maximum absolute atomic E-state index is 13.5. The van der Waals surface area contributed by atoms with Crippen LogP contribution in [-0.2, 0) is 6.18 Å². The Hall–Kier alpha value is -3.98. The van der Waals surface area contributed by atoms with Crippen LogP contribution in [0.4, 0.5) is 13.2 Å². The Balaban J connectivity index is 1.82. The van der Waals surface area contributed by atoms with E-state index in [1.807, 2.05) is 0 Å². The first-order valence-corrected chi connectivity index (χ1v) is 10.5. The first-order chi connectivity index (χ1) is 16.6. The van der Waals surface area contributed by atoms with Crippen molar-refractivity contribution in [2.75, 3.05) is 14.2 Å². The summed E-state index contributed by atoms with van der Waals surface area (Å²) in [4.78, 5) is 26.2. The monoisotopic (exact) mass is 503 g/mol. The van der Waals surface area contributed by atoms with Crippen LogP contribution in [0.15, 0.2) is 71.5 Å². The molecule has 0 spiro atoms. The number of aromatic nitrogens is 1. The number of hydrogen-bond donors (Lipinski definition) is 0. The third-order valence-electron chi connectivity index (χ3n) is 5.23. The molecular weight excluding hydrogens is 487 g/mol. The zero-order valence-electron chi connectivity index (χ0n) is 18.4. The predicted molar refractivity (Wildman–Crippen MR) is 124 cm³/mol. The van der Waals surface area contributed by atoms with E-state index in [0.29, 0.717) is 16.8 Å². The molecule has 0 saturated carbocycles. The smallest absolute Gasteiger partial charge is 0.416 e. The second-order valence-corrected chi connectivity index (χ2v) is 7.75. The molecule has 4 rings (SSSR count). The van der Waals surface area contributed by atoms with Crippen LogP contribution in [0.2, 0.25) is 5.15 Å². The number of rotatable bonds is 5. The number of halogens is 4. The van der Waals surface area contributed by atoms with Gasteiger partial charge in [0.15, 0.2) is 0 Å². The molecule has 0 fully saturated rings. The number of carbonyl (C=O) groups is 1. The van der Waals surface area contributed by atoms with E-state index >= 15 is 0 Å². The number of esters is 1. The number of pyridine rings is 1. The molecule has 0 saturated heterocycles. The first kappa shape index (κ1) is 24.2. The highest BCUT2D eigenvalue weighted by Gasteiger charge is 2.30. The minimum Gasteiger partial charge on any atom is -0.497 e. The number of hydrogen-bond acceptors (Lipinski definition) is 5. The normalized spacial score (nSPS) is 11.4. The van der Waals surface area contributed by atoms with Gasteiger partial charge in [-0.25, -0.2) is 4.79 Å². The summed E-state index contributed by atoms with van der Waals surface area (Å²) in [7, 11) is 2.90. The molecule has 0 aliphatic rings. The fourth-order valence-corrected chi connectivity index (χ4v) is 3.77. The minimum absolute atomic E-state index is 0.0336. The molecule has 0 aliphatic carbocycles. The van der Waals surface area contributed by atoms with Crippen LogP contribution in [-0.4, -0.2) is 24.8 Å². The summed E-state index contributed by atoms with van der Waals surface area (Å²) in [6, 6.07) is 14.5. The molecule has 0 atom stereocenters. The van der Waals surface area contributed by atoms with Crippen molar-refractivity contribution in [1.29, 1.82) is 0 Å². The highest BCUT2D eigenvalue weighted by atomic mass is 35.5. The number of alkyl halides is 3. The molecule has 0 bridgehead atoms. The Bertz CT molecular complexity index is 1460. The Morgan fingerprint density at radius 3 is 2.09 bits per heavy atom. The Morgan fingerprint density at radius 1 is 0.886 bits per heavy atom. The first-order valence-electron chi connectivity index (χ1n) is 10.1. The standard InChI is InChI=1S/C25H17ClF3NO5/c1-33-18-9-7-17(8-10-18)30-21(26)12-15-11-19(34-2)13-20(22(15)23(30)31)35-24(32)14-3-5-16(6-4-14)25(27,28)29/h3-13H,1-2H3. The molecule has 35 heavy (non-hydrogen) atoms. The molecule has 1 aromatic heterocycles. The number of nitrogens with zero attached hydrogens (tertiary/aromatic N) is 1. The van der Waals surface area contributed by atoms with Crippen molar-refractivity contribution >= 4 is 28.3 Å².